The van der Waals surface area contributed by atoms with E-state index in [1.807, 2.05) is 0 Å². The molecule has 0 aromatic heterocycles. The molecule has 0 atom stereocenters. The van der Waals surface area contributed by atoms with E-state index in [4.69, 9.17) is 15.9 Å². The van der Waals surface area contributed by atoms with Crippen LogP contribution < -0.4 is 0 Å². The number of rotatable bonds is 6. The fraction of sp³-hybridized carbons (Fsp3) is 0.455. The molecule has 0 aromatic carbocycles. The van der Waals surface area contributed by atoms with E-state index in [0.29, 0.717) is 0 Å². The third kappa shape index (κ3) is 5.70. The lowest BCUT2D eigenvalue weighted by Gasteiger charge is -2.17. The van der Waals surface area contributed by atoms with Crippen molar-refractivity contribution in [3.63, 3.8) is 0 Å². The standard InChI is InChI=1S/C11H15NO4/c1-4-7-12(9-10(13)15-6-3)11(14)16-8-5-2/h1,5H,2,6-9H2,3H3. The average Bonchev–Trinajstić information content (AvgIpc) is 2.25. The fourth-order valence-corrected chi connectivity index (χ4v) is 0.879. The van der Waals surface area contributed by atoms with Crippen molar-refractivity contribution in [1.29, 1.82) is 0 Å². The molecule has 0 aliphatic heterocycles. The van der Waals surface area contributed by atoms with Gasteiger partial charge in [0.1, 0.15) is 13.2 Å². The van der Waals surface area contributed by atoms with Gasteiger partial charge in [-0.05, 0) is 6.92 Å². The van der Waals surface area contributed by atoms with E-state index >= 15 is 0 Å². The van der Waals surface area contributed by atoms with Gasteiger partial charge in [0.25, 0.3) is 0 Å². The largest absolute Gasteiger partial charge is 0.465 e. The van der Waals surface area contributed by atoms with Crippen LogP contribution in [-0.4, -0.2) is 43.3 Å². The number of hydrogen-bond donors (Lipinski definition) is 0. The summed E-state index contributed by atoms with van der Waals surface area (Å²) >= 11 is 0. The Morgan fingerprint density at radius 1 is 1.50 bits per heavy atom. The van der Waals surface area contributed by atoms with Gasteiger partial charge in [-0.15, -0.1) is 6.42 Å². The van der Waals surface area contributed by atoms with Gasteiger partial charge >= 0.3 is 12.1 Å². The van der Waals surface area contributed by atoms with Crippen LogP contribution in [0, 0.1) is 12.3 Å². The summed E-state index contributed by atoms with van der Waals surface area (Å²) in [5.74, 6) is 1.74. The van der Waals surface area contributed by atoms with Crippen LogP contribution in [0.5, 0.6) is 0 Å². The maximum absolute atomic E-state index is 11.4. The van der Waals surface area contributed by atoms with Crippen molar-refractivity contribution in [1.82, 2.24) is 4.90 Å². The van der Waals surface area contributed by atoms with Gasteiger partial charge in [-0.1, -0.05) is 18.6 Å². The van der Waals surface area contributed by atoms with Crippen LogP contribution >= 0.6 is 0 Å². The predicted molar refractivity (Wildman–Crippen MR) is 58.6 cm³/mol. The van der Waals surface area contributed by atoms with Crippen LogP contribution in [0.4, 0.5) is 4.79 Å². The first kappa shape index (κ1) is 14.0. The van der Waals surface area contributed by atoms with Gasteiger partial charge in [-0.3, -0.25) is 9.69 Å². The van der Waals surface area contributed by atoms with Crippen LogP contribution in [0.2, 0.25) is 0 Å². The lowest BCUT2D eigenvalue weighted by atomic mass is 10.5. The predicted octanol–water partition coefficient (Wildman–Crippen LogP) is 0.807. The number of carbonyl (C=O) groups is 2. The van der Waals surface area contributed by atoms with E-state index in [-0.39, 0.29) is 26.3 Å². The van der Waals surface area contributed by atoms with Crippen molar-refractivity contribution < 1.29 is 19.1 Å². The van der Waals surface area contributed by atoms with E-state index in [2.05, 4.69) is 12.5 Å². The van der Waals surface area contributed by atoms with Crippen molar-refractivity contribution >= 4 is 12.1 Å². The zero-order chi connectivity index (χ0) is 12.4. The van der Waals surface area contributed by atoms with Crippen molar-refractivity contribution in [2.75, 3.05) is 26.3 Å². The number of esters is 1. The molecule has 88 valence electrons. The third-order valence-electron chi connectivity index (χ3n) is 1.49. The molecule has 0 spiro atoms. The Morgan fingerprint density at radius 2 is 2.19 bits per heavy atom. The van der Waals surface area contributed by atoms with Crippen LogP contribution in [0.3, 0.4) is 0 Å². The molecule has 1 amide bonds. The quantitative estimate of drug-likeness (QED) is 0.381. The van der Waals surface area contributed by atoms with Crippen molar-refractivity contribution in [2.24, 2.45) is 0 Å². The maximum Gasteiger partial charge on any atom is 0.411 e. The molecule has 0 saturated heterocycles. The van der Waals surface area contributed by atoms with Gasteiger partial charge in [0.2, 0.25) is 0 Å². The van der Waals surface area contributed by atoms with E-state index in [1.54, 1.807) is 6.92 Å². The molecule has 0 aliphatic rings. The molecule has 0 saturated carbocycles. The Bertz CT molecular complexity index is 293. The molecule has 0 aliphatic carbocycles. The molecule has 0 heterocycles. The SMILES string of the molecule is C#CCN(CC(=O)OCC)C(=O)OCC=C. The first-order valence-electron chi connectivity index (χ1n) is 4.77. The fourth-order valence-electron chi connectivity index (χ4n) is 0.879. The molecule has 0 bridgehead atoms. The second-order valence-electron chi connectivity index (χ2n) is 2.73. The number of ether oxygens (including phenoxy) is 2. The lowest BCUT2D eigenvalue weighted by molar-refractivity contribution is -0.143. The smallest absolute Gasteiger partial charge is 0.411 e. The summed E-state index contributed by atoms with van der Waals surface area (Å²) < 4.78 is 9.45. The number of carbonyl (C=O) groups excluding carboxylic acids is 2. The second kappa shape index (κ2) is 8.36. The van der Waals surface area contributed by atoms with Crippen LogP contribution in [-0.2, 0) is 14.3 Å². The van der Waals surface area contributed by atoms with E-state index in [0.717, 1.165) is 4.90 Å². The molecule has 0 fully saturated rings. The van der Waals surface area contributed by atoms with Crippen molar-refractivity contribution in [3.8, 4) is 12.3 Å². The number of amides is 1. The molecule has 16 heavy (non-hydrogen) atoms. The van der Waals surface area contributed by atoms with Crippen LogP contribution in [0.1, 0.15) is 6.92 Å². The minimum atomic E-state index is -0.661. The van der Waals surface area contributed by atoms with Gasteiger partial charge in [0, 0.05) is 0 Å². The summed E-state index contributed by atoms with van der Waals surface area (Å²) in [5, 5.41) is 0. The van der Waals surface area contributed by atoms with E-state index < -0.39 is 12.1 Å². The molecule has 0 rings (SSSR count). The number of terminal acetylenes is 1. The second-order valence-corrected chi connectivity index (χ2v) is 2.73. The Balaban J connectivity index is 4.25. The minimum absolute atomic E-state index is 0.00517. The molecular weight excluding hydrogens is 210 g/mol. The third-order valence-corrected chi connectivity index (χ3v) is 1.49. The van der Waals surface area contributed by atoms with Gasteiger partial charge in [0.15, 0.2) is 0 Å². The zero-order valence-corrected chi connectivity index (χ0v) is 9.27. The highest BCUT2D eigenvalue weighted by atomic mass is 16.6. The normalized spacial score (nSPS) is 8.75. The molecule has 0 N–H and O–H groups in total. The molecule has 0 unspecified atom stereocenters. The van der Waals surface area contributed by atoms with Crippen molar-refractivity contribution in [3.05, 3.63) is 12.7 Å². The van der Waals surface area contributed by atoms with Gasteiger partial charge in [0.05, 0.1) is 13.2 Å². The van der Waals surface area contributed by atoms with Gasteiger partial charge < -0.3 is 9.47 Å². The Labute approximate surface area is 95.0 Å². The summed E-state index contributed by atoms with van der Waals surface area (Å²) in [6.45, 7) is 5.19. The number of hydrogen-bond acceptors (Lipinski definition) is 4. The minimum Gasteiger partial charge on any atom is -0.465 e. The summed E-state index contributed by atoms with van der Waals surface area (Å²) in [6.07, 6.45) is 5.84. The highest BCUT2D eigenvalue weighted by molar-refractivity contribution is 5.78. The maximum atomic E-state index is 11.4. The Morgan fingerprint density at radius 3 is 2.69 bits per heavy atom. The lowest BCUT2D eigenvalue weighted by Crippen LogP contribution is -2.37. The summed E-state index contributed by atoms with van der Waals surface area (Å²) in [4.78, 5) is 23.6. The zero-order valence-electron chi connectivity index (χ0n) is 9.27. The molecule has 0 aromatic rings. The topological polar surface area (TPSA) is 55.8 Å². The van der Waals surface area contributed by atoms with Crippen LogP contribution in [0.15, 0.2) is 12.7 Å². The monoisotopic (exact) mass is 225 g/mol. The van der Waals surface area contributed by atoms with Gasteiger partial charge in [-0.25, -0.2) is 4.79 Å². The average molecular weight is 225 g/mol. The summed E-state index contributed by atoms with van der Waals surface area (Å²) in [5.41, 5.74) is 0. The number of nitrogens with zero attached hydrogens (tertiary/aromatic N) is 1. The first-order valence-corrected chi connectivity index (χ1v) is 4.77. The van der Waals surface area contributed by atoms with Crippen molar-refractivity contribution in [2.45, 2.75) is 6.92 Å². The summed E-state index contributed by atoms with van der Waals surface area (Å²) in [7, 11) is 0. The van der Waals surface area contributed by atoms with E-state index in [1.165, 1.54) is 6.08 Å². The van der Waals surface area contributed by atoms with Crippen LogP contribution in [0.25, 0.3) is 0 Å². The summed E-state index contributed by atoms with van der Waals surface area (Å²) in [6, 6.07) is 0. The highest BCUT2D eigenvalue weighted by Gasteiger charge is 2.17. The highest BCUT2D eigenvalue weighted by Crippen LogP contribution is 1.95. The van der Waals surface area contributed by atoms with E-state index in [9.17, 15) is 9.59 Å². The molecule has 5 nitrogen and oxygen atoms in total. The molecule has 0 radical (unpaired) electrons. The Hall–Kier alpha value is -1.96. The molecular formula is C11H15NO4. The first-order chi connectivity index (χ1) is 7.65. The Kier molecular flexibility index (Phi) is 7.33. The van der Waals surface area contributed by atoms with Gasteiger partial charge in [-0.2, -0.15) is 0 Å². The molecule has 5 heteroatoms.